The van der Waals surface area contributed by atoms with E-state index in [0.717, 1.165) is 16.7 Å². The fourth-order valence-electron chi connectivity index (χ4n) is 5.27. The number of amides is 2. The number of ether oxygens (including phenoxy) is 1. The highest BCUT2D eigenvalue weighted by molar-refractivity contribution is 6.02. The second-order valence-corrected chi connectivity index (χ2v) is 9.94. The van der Waals surface area contributed by atoms with E-state index in [1.54, 1.807) is 25.1 Å². The van der Waals surface area contributed by atoms with E-state index in [1.807, 2.05) is 6.08 Å². The van der Waals surface area contributed by atoms with Gasteiger partial charge in [0, 0.05) is 25.3 Å². The molecule has 2 heterocycles. The summed E-state index contributed by atoms with van der Waals surface area (Å²) in [5, 5.41) is 9.93. The van der Waals surface area contributed by atoms with Crippen LogP contribution >= 0.6 is 0 Å². The molecule has 2 saturated heterocycles. The highest BCUT2D eigenvalue weighted by Crippen LogP contribution is 2.47. The van der Waals surface area contributed by atoms with Crippen molar-refractivity contribution in [2.45, 2.75) is 77.5 Å². The van der Waals surface area contributed by atoms with Crippen molar-refractivity contribution in [3.63, 3.8) is 0 Å². The number of imide groups is 1. The number of rotatable bonds is 4. The van der Waals surface area contributed by atoms with Gasteiger partial charge in [-0.15, -0.1) is 0 Å². The standard InChI is InChI=1S/C26H30FNO5/c1-15-10-16(4-7-22(15)27)20-11-17(28-23(30)8-9-24(28)31)14-26(2,3)21(20)6-5-19-12-18(29)13-25(32)33-19/h4-7,10,17-19,29H,8-9,11-14H2,1-3H3/t17?,18-,19-/m0/s1. The number of cyclic esters (lactones) is 1. The Bertz CT molecular complexity index is 1040. The molecule has 0 radical (unpaired) electrons. The minimum atomic E-state index is -0.731. The summed E-state index contributed by atoms with van der Waals surface area (Å²) in [6.45, 7) is 5.82. The van der Waals surface area contributed by atoms with E-state index in [0.29, 0.717) is 24.8 Å². The van der Waals surface area contributed by atoms with Crippen LogP contribution in [0.15, 0.2) is 35.9 Å². The Morgan fingerprint density at radius 2 is 1.85 bits per heavy atom. The molecule has 3 aliphatic rings. The maximum atomic E-state index is 14.0. The summed E-state index contributed by atoms with van der Waals surface area (Å²) in [5.74, 6) is -1.01. The number of nitrogens with zero attached hydrogens (tertiary/aromatic N) is 1. The second-order valence-electron chi connectivity index (χ2n) is 9.94. The van der Waals surface area contributed by atoms with Gasteiger partial charge in [-0.2, -0.15) is 0 Å². The monoisotopic (exact) mass is 455 g/mol. The van der Waals surface area contributed by atoms with Gasteiger partial charge in [0.15, 0.2) is 0 Å². The Kier molecular flexibility index (Phi) is 6.27. The van der Waals surface area contributed by atoms with Crippen LogP contribution in [-0.2, 0) is 19.1 Å². The zero-order valence-electron chi connectivity index (χ0n) is 19.3. The molecular formula is C26H30FNO5. The molecule has 1 N–H and O–H groups in total. The number of likely N-dealkylation sites (tertiary alicyclic amines) is 1. The first kappa shape index (κ1) is 23.4. The lowest BCUT2D eigenvalue weighted by Crippen LogP contribution is -2.44. The van der Waals surface area contributed by atoms with E-state index < -0.39 is 23.6 Å². The van der Waals surface area contributed by atoms with Gasteiger partial charge in [0.2, 0.25) is 11.8 Å². The number of benzene rings is 1. The predicted molar refractivity (Wildman–Crippen MR) is 120 cm³/mol. The summed E-state index contributed by atoms with van der Waals surface area (Å²) in [6.07, 6.45) is 4.34. The molecule has 4 rings (SSSR count). The zero-order valence-corrected chi connectivity index (χ0v) is 19.3. The average Bonchev–Trinajstić information content (AvgIpc) is 3.05. The molecule has 0 spiro atoms. The van der Waals surface area contributed by atoms with Crippen LogP contribution in [0.2, 0.25) is 0 Å². The number of carbonyl (C=O) groups excluding carboxylic acids is 3. The van der Waals surface area contributed by atoms with E-state index in [1.165, 1.54) is 11.0 Å². The lowest BCUT2D eigenvalue weighted by atomic mass is 9.68. The normalized spacial score (nSPS) is 28.1. The van der Waals surface area contributed by atoms with Crippen LogP contribution in [0, 0.1) is 18.2 Å². The number of hydrogen-bond acceptors (Lipinski definition) is 5. The van der Waals surface area contributed by atoms with Gasteiger partial charge < -0.3 is 9.84 Å². The van der Waals surface area contributed by atoms with Gasteiger partial charge in [-0.1, -0.05) is 26.0 Å². The Morgan fingerprint density at radius 3 is 2.48 bits per heavy atom. The summed E-state index contributed by atoms with van der Waals surface area (Å²) in [5.41, 5.74) is 2.87. The smallest absolute Gasteiger partial charge is 0.309 e. The molecule has 2 fully saturated rings. The third-order valence-corrected chi connectivity index (χ3v) is 6.87. The molecule has 6 nitrogen and oxygen atoms in total. The van der Waals surface area contributed by atoms with Crippen LogP contribution in [0.25, 0.3) is 5.57 Å². The summed E-state index contributed by atoms with van der Waals surface area (Å²) < 4.78 is 19.4. The summed E-state index contributed by atoms with van der Waals surface area (Å²) in [6, 6.07) is 4.67. The van der Waals surface area contributed by atoms with Crippen LogP contribution < -0.4 is 0 Å². The molecule has 3 atom stereocenters. The van der Waals surface area contributed by atoms with Crippen LogP contribution in [0.1, 0.15) is 63.5 Å². The van der Waals surface area contributed by atoms with E-state index in [2.05, 4.69) is 13.8 Å². The molecule has 0 saturated carbocycles. The van der Waals surface area contributed by atoms with Crippen molar-refractivity contribution in [3.05, 3.63) is 52.9 Å². The minimum Gasteiger partial charge on any atom is -0.458 e. The van der Waals surface area contributed by atoms with E-state index in [9.17, 15) is 23.9 Å². The predicted octanol–water partition coefficient (Wildman–Crippen LogP) is 3.85. The first-order valence-corrected chi connectivity index (χ1v) is 11.5. The molecule has 176 valence electrons. The Labute approximate surface area is 193 Å². The summed E-state index contributed by atoms with van der Waals surface area (Å²) in [4.78, 5) is 38.1. The largest absolute Gasteiger partial charge is 0.458 e. The highest BCUT2D eigenvalue weighted by Gasteiger charge is 2.42. The number of aliphatic hydroxyl groups excluding tert-OH is 1. The van der Waals surface area contributed by atoms with Crippen molar-refractivity contribution in [2.24, 2.45) is 5.41 Å². The fourth-order valence-corrected chi connectivity index (χ4v) is 5.27. The SMILES string of the molecule is Cc1cc(C2=C(C=C[C@H]3C[C@H](O)CC(=O)O3)C(C)(C)CC(N3C(=O)CCC3=O)C2)ccc1F. The average molecular weight is 456 g/mol. The van der Waals surface area contributed by atoms with Gasteiger partial charge in [0.1, 0.15) is 11.9 Å². The third-order valence-electron chi connectivity index (χ3n) is 6.87. The molecule has 1 aromatic rings. The number of esters is 1. The van der Waals surface area contributed by atoms with Gasteiger partial charge >= 0.3 is 5.97 Å². The molecule has 0 aromatic heterocycles. The lowest BCUT2D eigenvalue weighted by Gasteiger charge is -2.41. The van der Waals surface area contributed by atoms with E-state index >= 15 is 0 Å². The van der Waals surface area contributed by atoms with E-state index in [4.69, 9.17) is 4.74 Å². The Morgan fingerprint density at radius 1 is 1.15 bits per heavy atom. The van der Waals surface area contributed by atoms with Crippen LogP contribution in [0.4, 0.5) is 4.39 Å². The number of hydrogen-bond donors (Lipinski definition) is 1. The second kappa shape index (κ2) is 8.86. The van der Waals surface area contributed by atoms with Gasteiger partial charge in [0.05, 0.1) is 12.5 Å². The molecule has 2 aliphatic heterocycles. The maximum Gasteiger partial charge on any atom is 0.309 e. The number of aliphatic hydroxyl groups is 1. The van der Waals surface area contributed by atoms with Crippen molar-refractivity contribution in [1.82, 2.24) is 4.90 Å². The van der Waals surface area contributed by atoms with Crippen LogP contribution in [0.3, 0.4) is 0 Å². The van der Waals surface area contributed by atoms with Crippen molar-refractivity contribution >= 4 is 23.4 Å². The van der Waals surface area contributed by atoms with Crippen molar-refractivity contribution in [1.29, 1.82) is 0 Å². The van der Waals surface area contributed by atoms with Crippen molar-refractivity contribution in [2.75, 3.05) is 0 Å². The highest BCUT2D eigenvalue weighted by atomic mass is 19.1. The first-order valence-electron chi connectivity index (χ1n) is 11.5. The summed E-state index contributed by atoms with van der Waals surface area (Å²) in [7, 11) is 0. The van der Waals surface area contributed by atoms with Crippen molar-refractivity contribution in [3.8, 4) is 0 Å². The Balaban J connectivity index is 1.76. The van der Waals surface area contributed by atoms with Gasteiger partial charge in [-0.25, -0.2) is 4.39 Å². The molecule has 1 aliphatic carbocycles. The Hall–Kier alpha value is -2.80. The van der Waals surface area contributed by atoms with Gasteiger partial charge in [-0.3, -0.25) is 19.3 Å². The topological polar surface area (TPSA) is 83.9 Å². The molecule has 7 heteroatoms. The first-order chi connectivity index (χ1) is 15.5. The minimum absolute atomic E-state index is 0.00178. The molecule has 1 aromatic carbocycles. The third kappa shape index (κ3) is 4.78. The molecule has 0 bridgehead atoms. The van der Waals surface area contributed by atoms with Gasteiger partial charge in [-0.05, 0) is 65.7 Å². The van der Waals surface area contributed by atoms with Crippen LogP contribution in [0.5, 0.6) is 0 Å². The van der Waals surface area contributed by atoms with Gasteiger partial charge in [0.25, 0.3) is 0 Å². The summed E-state index contributed by atoms with van der Waals surface area (Å²) >= 11 is 0. The molecular weight excluding hydrogens is 425 g/mol. The number of halogens is 1. The fraction of sp³-hybridized carbons (Fsp3) is 0.500. The van der Waals surface area contributed by atoms with Crippen molar-refractivity contribution < 1.29 is 28.6 Å². The van der Waals surface area contributed by atoms with Crippen LogP contribution in [-0.4, -0.2) is 46.0 Å². The molecule has 2 amide bonds. The lowest BCUT2D eigenvalue weighted by molar-refractivity contribution is -0.156. The molecule has 33 heavy (non-hydrogen) atoms. The number of allylic oxidation sites excluding steroid dienone is 2. The van der Waals surface area contributed by atoms with E-state index in [-0.39, 0.29) is 42.9 Å². The number of aryl methyl sites for hydroxylation is 1. The number of carbonyl (C=O) groups is 3. The zero-order chi connectivity index (χ0) is 23.9. The molecule has 1 unspecified atom stereocenters. The maximum absolute atomic E-state index is 14.0. The quantitative estimate of drug-likeness (QED) is 0.551.